The zero-order valence-electron chi connectivity index (χ0n) is 10.9. The first-order chi connectivity index (χ1) is 9.58. The highest BCUT2D eigenvalue weighted by Crippen LogP contribution is 2.27. The van der Waals surface area contributed by atoms with Crippen LogP contribution in [0, 0.1) is 0 Å². The van der Waals surface area contributed by atoms with Crippen LogP contribution < -0.4 is 15.8 Å². The molecule has 2 N–H and O–H groups in total. The number of nitrogens with one attached hydrogen (secondary N) is 2. The Hall–Kier alpha value is -1.62. The third-order valence-electron chi connectivity index (χ3n) is 3.33. The van der Waals surface area contributed by atoms with Crippen LogP contribution in [-0.4, -0.2) is 5.11 Å². The minimum atomic E-state index is -0.447. The molecule has 3 nitrogen and oxygen atoms in total. The van der Waals surface area contributed by atoms with Gasteiger partial charge in [-0.15, -0.1) is 0 Å². The molecule has 102 valence electrons. The van der Waals surface area contributed by atoms with E-state index in [1.165, 1.54) is 0 Å². The van der Waals surface area contributed by atoms with E-state index in [9.17, 15) is 0 Å². The van der Waals surface area contributed by atoms with E-state index >= 15 is 0 Å². The Morgan fingerprint density at radius 2 is 1.70 bits per heavy atom. The summed E-state index contributed by atoms with van der Waals surface area (Å²) in [6, 6.07) is 17.7. The normalized spacial score (nSPS) is 21.9. The molecule has 0 unspecified atom stereocenters. The van der Waals surface area contributed by atoms with E-state index in [4.69, 9.17) is 23.8 Å². The van der Waals surface area contributed by atoms with Crippen molar-refractivity contribution in [3.63, 3.8) is 0 Å². The second kappa shape index (κ2) is 5.05. The van der Waals surface area contributed by atoms with Crippen molar-refractivity contribution in [3.05, 3.63) is 65.2 Å². The average molecular weight is 304 g/mol. The molecule has 1 aliphatic heterocycles. The highest BCUT2D eigenvalue weighted by Gasteiger charge is 2.37. The fourth-order valence-electron chi connectivity index (χ4n) is 2.25. The van der Waals surface area contributed by atoms with Crippen molar-refractivity contribution < 1.29 is 0 Å². The maximum atomic E-state index is 5.94. The molecule has 0 spiro atoms. The molecule has 0 bridgehead atoms. The summed E-state index contributed by atoms with van der Waals surface area (Å²) in [6.07, 6.45) is 0. The first-order valence-electron chi connectivity index (χ1n) is 6.30. The predicted molar refractivity (Wildman–Crippen MR) is 86.6 cm³/mol. The van der Waals surface area contributed by atoms with Gasteiger partial charge in [0.05, 0.1) is 5.69 Å². The van der Waals surface area contributed by atoms with Gasteiger partial charge in [-0.1, -0.05) is 41.9 Å². The lowest BCUT2D eigenvalue weighted by molar-refractivity contribution is 0.390. The Labute approximate surface area is 128 Å². The van der Waals surface area contributed by atoms with Crippen LogP contribution in [0.2, 0.25) is 5.02 Å². The molecule has 1 saturated heterocycles. The van der Waals surface area contributed by atoms with E-state index in [-0.39, 0.29) is 0 Å². The van der Waals surface area contributed by atoms with Crippen molar-refractivity contribution in [2.24, 2.45) is 0 Å². The lowest BCUT2D eigenvalue weighted by atomic mass is 10.0. The largest absolute Gasteiger partial charge is 0.338 e. The molecule has 1 fully saturated rings. The van der Waals surface area contributed by atoms with Crippen molar-refractivity contribution in [2.45, 2.75) is 12.6 Å². The predicted octanol–water partition coefficient (Wildman–Crippen LogP) is 3.41. The second-order valence-corrected chi connectivity index (χ2v) is 5.67. The Bertz CT molecular complexity index is 629. The number of para-hydroxylation sites is 1. The van der Waals surface area contributed by atoms with E-state index in [0.29, 0.717) is 5.11 Å². The lowest BCUT2D eigenvalue weighted by Gasteiger charge is -2.26. The number of nitrogens with zero attached hydrogens (tertiary/aromatic N) is 1. The van der Waals surface area contributed by atoms with Crippen LogP contribution in [0.4, 0.5) is 5.69 Å². The third-order valence-corrected chi connectivity index (χ3v) is 3.87. The topological polar surface area (TPSA) is 27.3 Å². The number of halogens is 1. The van der Waals surface area contributed by atoms with Gasteiger partial charge in [-0.2, -0.15) is 5.43 Å². The molecule has 1 aliphatic rings. The van der Waals surface area contributed by atoms with Crippen LogP contribution in [0.15, 0.2) is 54.6 Å². The molecule has 0 saturated carbocycles. The van der Waals surface area contributed by atoms with E-state index < -0.39 is 5.66 Å². The molecule has 0 radical (unpaired) electrons. The summed E-state index contributed by atoms with van der Waals surface area (Å²) >= 11 is 11.4. The molecule has 2 aromatic rings. The van der Waals surface area contributed by atoms with Gasteiger partial charge in [0.1, 0.15) is 5.66 Å². The van der Waals surface area contributed by atoms with Gasteiger partial charge in [0.25, 0.3) is 0 Å². The highest BCUT2D eigenvalue weighted by atomic mass is 35.5. The van der Waals surface area contributed by atoms with Crippen molar-refractivity contribution >= 4 is 34.6 Å². The van der Waals surface area contributed by atoms with Crippen molar-refractivity contribution in [2.75, 3.05) is 5.01 Å². The van der Waals surface area contributed by atoms with Gasteiger partial charge in [-0.3, -0.25) is 0 Å². The monoisotopic (exact) mass is 303 g/mol. The van der Waals surface area contributed by atoms with Gasteiger partial charge >= 0.3 is 0 Å². The molecule has 0 aromatic heterocycles. The SMILES string of the molecule is C[C@@]1(c2ccc(Cl)cc2)NC(=S)N(c2ccccc2)N1. The zero-order valence-corrected chi connectivity index (χ0v) is 12.5. The number of hydrogen-bond donors (Lipinski definition) is 2. The van der Waals surface area contributed by atoms with Gasteiger partial charge in [0.15, 0.2) is 5.11 Å². The lowest BCUT2D eigenvalue weighted by Crippen LogP contribution is -2.45. The summed E-state index contributed by atoms with van der Waals surface area (Å²) in [5, 5.41) is 6.56. The van der Waals surface area contributed by atoms with E-state index in [0.717, 1.165) is 16.3 Å². The van der Waals surface area contributed by atoms with Gasteiger partial charge in [0.2, 0.25) is 0 Å². The highest BCUT2D eigenvalue weighted by molar-refractivity contribution is 7.80. The maximum absolute atomic E-state index is 5.94. The molecule has 1 heterocycles. The standard InChI is InChI=1S/C15H14ClN3S/c1-15(11-7-9-12(16)10-8-11)17-14(20)19(18-15)13-5-3-2-4-6-13/h2-10,18H,1H3,(H,17,20)/t15-/m1/s1. The molecule has 20 heavy (non-hydrogen) atoms. The first-order valence-corrected chi connectivity index (χ1v) is 7.08. The molecule has 0 aliphatic carbocycles. The molecule has 1 atom stereocenters. The summed E-state index contributed by atoms with van der Waals surface area (Å²) in [7, 11) is 0. The van der Waals surface area contributed by atoms with Crippen molar-refractivity contribution in [1.82, 2.24) is 10.7 Å². The summed E-state index contributed by atoms with van der Waals surface area (Å²) in [5.74, 6) is 0. The number of thiocarbonyl (C=S) groups is 1. The minimum Gasteiger partial charge on any atom is -0.338 e. The summed E-state index contributed by atoms with van der Waals surface area (Å²) in [4.78, 5) is 0. The summed E-state index contributed by atoms with van der Waals surface area (Å²) in [5.41, 5.74) is 5.03. The smallest absolute Gasteiger partial charge is 0.190 e. The van der Waals surface area contributed by atoms with Gasteiger partial charge in [-0.05, 0) is 49.0 Å². The maximum Gasteiger partial charge on any atom is 0.190 e. The van der Waals surface area contributed by atoms with E-state index in [2.05, 4.69) is 10.7 Å². The number of anilines is 1. The van der Waals surface area contributed by atoms with Gasteiger partial charge in [-0.25, -0.2) is 5.01 Å². The molecule has 3 rings (SSSR count). The fourth-order valence-corrected chi connectivity index (χ4v) is 2.73. The van der Waals surface area contributed by atoms with Crippen LogP contribution in [0.25, 0.3) is 0 Å². The molecule has 5 heteroatoms. The van der Waals surface area contributed by atoms with Gasteiger partial charge < -0.3 is 5.32 Å². The van der Waals surface area contributed by atoms with E-state index in [1.807, 2.05) is 66.5 Å². The Kier molecular flexibility index (Phi) is 3.38. The fraction of sp³-hybridized carbons (Fsp3) is 0.133. The molecular weight excluding hydrogens is 290 g/mol. The van der Waals surface area contributed by atoms with E-state index in [1.54, 1.807) is 0 Å². The number of hydrazine groups is 1. The van der Waals surface area contributed by atoms with Crippen LogP contribution >= 0.6 is 23.8 Å². The minimum absolute atomic E-state index is 0.447. The quantitative estimate of drug-likeness (QED) is 0.832. The van der Waals surface area contributed by atoms with Crippen molar-refractivity contribution in [3.8, 4) is 0 Å². The summed E-state index contributed by atoms with van der Waals surface area (Å²) < 4.78 is 0. The molecule has 2 aromatic carbocycles. The number of benzene rings is 2. The summed E-state index contributed by atoms with van der Waals surface area (Å²) in [6.45, 7) is 2.05. The van der Waals surface area contributed by atoms with Crippen molar-refractivity contribution in [1.29, 1.82) is 0 Å². The number of hydrogen-bond acceptors (Lipinski definition) is 2. The van der Waals surface area contributed by atoms with Crippen LogP contribution in [0.3, 0.4) is 0 Å². The second-order valence-electron chi connectivity index (χ2n) is 4.84. The number of rotatable bonds is 2. The third kappa shape index (κ3) is 2.38. The Balaban J connectivity index is 1.91. The molecular formula is C15H14ClN3S. The molecule has 0 amide bonds. The first kappa shape index (κ1) is 13.4. The van der Waals surface area contributed by atoms with Crippen LogP contribution in [0.1, 0.15) is 12.5 Å². The Morgan fingerprint density at radius 1 is 1.05 bits per heavy atom. The Morgan fingerprint density at radius 3 is 2.35 bits per heavy atom. The van der Waals surface area contributed by atoms with Crippen LogP contribution in [0.5, 0.6) is 0 Å². The van der Waals surface area contributed by atoms with Gasteiger partial charge in [0, 0.05) is 5.02 Å². The van der Waals surface area contributed by atoms with Crippen LogP contribution in [-0.2, 0) is 5.66 Å². The zero-order chi connectivity index (χ0) is 14.2. The average Bonchev–Trinajstić information content (AvgIpc) is 2.77.